The number of ether oxygens (including phenoxy) is 1. The number of para-hydroxylation sites is 1. The summed E-state index contributed by atoms with van der Waals surface area (Å²) in [6, 6.07) is 8.94. The molecule has 20 heavy (non-hydrogen) atoms. The summed E-state index contributed by atoms with van der Waals surface area (Å²) in [4.78, 5) is 24.0. The van der Waals surface area contributed by atoms with Crippen molar-refractivity contribution in [3.05, 3.63) is 41.7 Å². The van der Waals surface area contributed by atoms with Crippen molar-refractivity contribution < 1.29 is 19.4 Å². The highest BCUT2D eigenvalue weighted by atomic mass is 16.5. The van der Waals surface area contributed by atoms with E-state index in [-0.39, 0.29) is 47.8 Å². The van der Waals surface area contributed by atoms with Gasteiger partial charge in [-0.3, -0.25) is 9.59 Å². The van der Waals surface area contributed by atoms with Crippen molar-refractivity contribution in [1.82, 2.24) is 0 Å². The maximum absolute atomic E-state index is 12.0. The molecule has 0 bridgehead atoms. The van der Waals surface area contributed by atoms with Crippen LogP contribution in [0.3, 0.4) is 0 Å². The maximum Gasteiger partial charge on any atom is 0.170 e. The van der Waals surface area contributed by atoms with Gasteiger partial charge in [0.25, 0.3) is 0 Å². The summed E-state index contributed by atoms with van der Waals surface area (Å²) in [5.74, 6) is -0.309. The van der Waals surface area contributed by atoms with Gasteiger partial charge in [-0.1, -0.05) is 32.0 Å². The lowest BCUT2D eigenvalue weighted by atomic mass is 9.74. The Bertz CT molecular complexity index is 533. The first kappa shape index (κ1) is 14.3. The molecular formula is C16H18O4. The van der Waals surface area contributed by atoms with E-state index in [4.69, 9.17) is 4.74 Å². The molecule has 1 saturated carbocycles. The van der Waals surface area contributed by atoms with E-state index in [1.54, 1.807) is 24.3 Å². The van der Waals surface area contributed by atoms with Gasteiger partial charge in [-0.25, -0.2) is 0 Å². The molecule has 0 atom stereocenters. The van der Waals surface area contributed by atoms with Crippen molar-refractivity contribution in [2.45, 2.75) is 26.7 Å². The smallest absolute Gasteiger partial charge is 0.170 e. The summed E-state index contributed by atoms with van der Waals surface area (Å²) in [5, 5.41) is 9.96. The van der Waals surface area contributed by atoms with Gasteiger partial charge in [-0.05, 0) is 17.5 Å². The molecule has 0 unspecified atom stereocenters. The summed E-state index contributed by atoms with van der Waals surface area (Å²) >= 11 is 0. The maximum atomic E-state index is 12.0. The van der Waals surface area contributed by atoms with Gasteiger partial charge < -0.3 is 9.84 Å². The third kappa shape index (κ3) is 3.26. The molecule has 1 N–H and O–H groups in total. The summed E-state index contributed by atoms with van der Waals surface area (Å²) in [5.41, 5.74) is -0.432. The number of allylic oxidation sites excluding steroid dienone is 1. The third-order valence-corrected chi connectivity index (χ3v) is 3.24. The standard InChI is InChI=1S/C16H18O4/c1-16(2)8-12(17)15(13(18)9-16)14(19)10-20-11-6-4-3-5-7-11/h3-7,19H,8-10H2,1-2H3. The quantitative estimate of drug-likeness (QED) is 0.523. The van der Waals surface area contributed by atoms with Crippen LogP contribution in [0.15, 0.2) is 41.7 Å². The van der Waals surface area contributed by atoms with Crippen LogP contribution in [-0.4, -0.2) is 23.3 Å². The van der Waals surface area contributed by atoms with Gasteiger partial charge in [0.15, 0.2) is 11.6 Å². The van der Waals surface area contributed by atoms with Crippen molar-refractivity contribution in [2.75, 3.05) is 6.61 Å². The van der Waals surface area contributed by atoms with Gasteiger partial charge in [0.2, 0.25) is 0 Å². The molecule has 0 saturated heterocycles. The van der Waals surface area contributed by atoms with E-state index >= 15 is 0 Å². The summed E-state index contributed by atoms with van der Waals surface area (Å²) in [7, 11) is 0. The Hall–Kier alpha value is -2.10. The molecule has 1 aromatic rings. The molecule has 0 amide bonds. The van der Waals surface area contributed by atoms with E-state index in [9.17, 15) is 14.7 Å². The Balaban J connectivity index is 2.11. The number of rotatable bonds is 3. The number of Topliss-reactive ketones (excluding diaryl/α,β-unsaturated/α-hetero) is 2. The van der Waals surface area contributed by atoms with E-state index in [1.165, 1.54) is 0 Å². The van der Waals surface area contributed by atoms with Crippen LogP contribution < -0.4 is 4.74 Å². The molecule has 2 rings (SSSR count). The van der Waals surface area contributed by atoms with Crippen LogP contribution in [-0.2, 0) is 9.59 Å². The van der Waals surface area contributed by atoms with Crippen molar-refractivity contribution >= 4 is 11.6 Å². The van der Waals surface area contributed by atoms with Crippen LogP contribution in [0.2, 0.25) is 0 Å². The molecule has 1 aliphatic rings. The molecule has 1 aliphatic carbocycles. The van der Waals surface area contributed by atoms with Crippen LogP contribution >= 0.6 is 0 Å². The molecular weight excluding hydrogens is 256 g/mol. The van der Waals surface area contributed by atoms with Gasteiger partial charge in [-0.15, -0.1) is 0 Å². The zero-order valence-corrected chi connectivity index (χ0v) is 11.7. The Labute approximate surface area is 118 Å². The zero-order valence-electron chi connectivity index (χ0n) is 11.7. The third-order valence-electron chi connectivity index (χ3n) is 3.24. The minimum absolute atomic E-state index is 0.0970. The van der Waals surface area contributed by atoms with Gasteiger partial charge in [0, 0.05) is 12.8 Å². The molecule has 0 spiro atoms. The summed E-state index contributed by atoms with van der Waals surface area (Å²) < 4.78 is 5.36. The number of ketones is 2. The van der Waals surface area contributed by atoms with Gasteiger partial charge in [-0.2, -0.15) is 0 Å². The van der Waals surface area contributed by atoms with Gasteiger partial charge in [0.05, 0.1) is 0 Å². The Morgan fingerprint density at radius 1 is 1.15 bits per heavy atom. The minimum atomic E-state index is -0.335. The number of carbonyl (C=O) groups is 2. The zero-order chi connectivity index (χ0) is 14.8. The predicted octanol–water partition coefficient (Wildman–Crippen LogP) is 2.84. The average Bonchev–Trinajstić information content (AvgIpc) is 2.35. The molecule has 0 heterocycles. The van der Waals surface area contributed by atoms with E-state index in [1.807, 2.05) is 19.9 Å². The lowest BCUT2D eigenvalue weighted by Gasteiger charge is -2.28. The number of benzene rings is 1. The second kappa shape index (κ2) is 5.49. The average molecular weight is 274 g/mol. The minimum Gasteiger partial charge on any atom is -0.508 e. The van der Waals surface area contributed by atoms with E-state index in [0.29, 0.717) is 5.75 Å². The largest absolute Gasteiger partial charge is 0.508 e. The SMILES string of the molecule is CC1(C)CC(=O)C(=C(O)COc2ccccc2)C(=O)C1. The lowest BCUT2D eigenvalue weighted by molar-refractivity contribution is -0.127. The second-order valence-corrected chi connectivity index (χ2v) is 5.79. The van der Waals surface area contributed by atoms with Crippen LogP contribution in [0.25, 0.3) is 0 Å². The van der Waals surface area contributed by atoms with Crippen molar-refractivity contribution in [3.8, 4) is 5.75 Å². The summed E-state index contributed by atoms with van der Waals surface area (Å²) in [6.07, 6.45) is 0.535. The normalized spacial score (nSPS) is 18.0. The number of aliphatic hydroxyl groups is 1. The fourth-order valence-corrected chi connectivity index (χ4v) is 2.33. The second-order valence-electron chi connectivity index (χ2n) is 5.79. The Morgan fingerprint density at radius 2 is 1.70 bits per heavy atom. The van der Waals surface area contributed by atoms with E-state index < -0.39 is 0 Å². The fourth-order valence-electron chi connectivity index (χ4n) is 2.33. The predicted molar refractivity (Wildman–Crippen MR) is 74.6 cm³/mol. The Kier molecular flexibility index (Phi) is 3.93. The lowest BCUT2D eigenvalue weighted by Crippen LogP contribution is -2.33. The monoisotopic (exact) mass is 274 g/mol. The molecule has 1 fully saturated rings. The number of aliphatic hydroxyl groups excluding tert-OH is 1. The molecule has 4 nitrogen and oxygen atoms in total. The highest BCUT2D eigenvalue weighted by Gasteiger charge is 2.37. The molecule has 0 aliphatic heterocycles. The van der Waals surface area contributed by atoms with Gasteiger partial charge in [0.1, 0.15) is 23.7 Å². The van der Waals surface area contributed by atoms with Crippen LogP contribution in [0.4, 0.5) is 0 Å². The molecule has 0 radical (unpaired) electrons. The fraction of sp³-hybridized carbons (Fsp3) is 0.375. The topological polar surface area (TPSA) is 63.6 Å². The highest BCUT2D eigenvalue weighted by molar-refractivity contribution is 6.22. The molecule has 1 aromatic carbocycles. The first-order valence-corrected chi connectivity index (χ1v) is 6.55. The van der Waals surface area contributed by atoms with Crippen molar-refractivity contribution in [2.24, 2.45) is 5.41 Å². The Morgan fingerprint density at radius 3 is 2.25 bits per heavy atom. The first-order chi connectivity index (χ1) is 9.39. The van der Waals surface area contributed by atoms with E-state index in [2.05, 4.69) is 0 Å². The van der Waals surface area contributed by atoms with Crippen molar-refractivity contribution in [1.29, 1.82) is 0 Å². The van der Waals surface area contributed by atoms with E-state index in [0.717, 1.165) is 0 Å². The first-order valence-electron chi connectivity index (χ1n) is 6.55. The highest BCUT2D eigenvalue weighted by Crippen LogP contribution is 2.34. The van der Waals surface area contributed by atoms with Crippen molar-refractivity contribution in [3.63, 3.8) is 0 Å². The summed E-state index contributed by atoms with van der Waals surface area (Å²) in [6.45, 7) is 3.57. The molecule has 106 valence electrons. The number of hydrogen-bond acceptors (Lipinski definition) is 4. The van der Waals surface area contributed by atoms with Gasteiger partial charge >= 0.3 is 0 Å². The van der Waals surface area contributed by atoms with Crippen LogP contribution in [0.5, 0.6) is 5.75 Å². The van der Waals surface area contributed by atoms with Crippen LogP contribution in [0, 0.1) is 5.41 Å². The number of hydrogen-bond donors (Lipinski definition) is 1. The number of carbonyl (C=O) groups excluding carboxylic acids is 2. The van der Waals surface area contributed by atoms with Crippen LogP contribution in [0.1, 0.15) is 26.7 Å². The molecule has 0 aromatic heterocycles. The molecule has 4 heteroatoms.